The van der Waals surface area contributed by atoms with Crippen LogP contribution in [0.5, 0.6) is 0 Å². The molecule has 1 aromatic carbocycles. The molecule has 0 heterocycles. The molecule has 0 saturated carbocycles. The lowest BCUT2D eigenvalue weighted by Crippen LogP contribution is -2.02. The summed E-state index contributed by atoms with van der Waals surface area (Å²) in [6.45, 7) is 3.10. The maximum Gasteiger partial charge on any atom is 0.159 e. The highest BCUT2D eigenvalue weighted by atomic mass is 19.2. The van der Waals surface area contributed by atoms with Crippen molar-refractivity contribution in [2.45, 2.75) is 25.9 Å². The average molecular weight is 230 g/mol. The largest absolute Gasteiger partial charge is 0.388 e. The van der Waals surface area contributed by atoms with Crippen molar-refractivity contribution in [2.24, 2.45) is 0 Å². The monoisotopic (exact) mass is 230 g/mol. The van der Waals surface area contributed by atoms with Gasteiger partial charge in [0.1, 0.15) is 0 Å². The van der Waals surface area contributed by atoms with Gasteiger partial charge >= 0.3 is 0 Å². The lowest BCUT2D eigenvalue weighted by molar-refractivity contribution is 0.114. The van der Waals surface area contributed by atoms with E-state index >= 15 is 0 Å². The van der Waals surface area contributed by atoms with Crippen LogP contribution in [-0.4, -0.2) is 18.3 Å². The minimum atomic E-state index is -0.929. The van der Waals surface area contributed by atoms with Crippen LogP contribution in [0.15, 0.2) is 18.2 Å². The first-order chi connectivity index (χ1) is 7.65. The molecule has 0 radical (unpaired) electrons. The quantitative estimate of drug-likeness (QED) is 0.761. The molecule has 16 heavy (non-hydrogen) atoms. The Morgan fingerprint density at radius 3 is 2.69 bits per heavy atom. The molecule has 0 fully saturated rings. The van der Waals surface area contributed by atoms with Gasteiger partial charge < -0.3 is 9.84 Å². The smallest absolute Gasteiger partial charge is 0.159 e. The number of aliphatic hydroxyl groups excluding tert-OH is 1. The molecule has 1 unspecified atom stereocenters. The zero-order chi connectivity index (χ0) is 12.0. The number of benzene rings is 1. The van der Waals surface area contributed by atoms with Gasteiger partial charge in [-0.15, -0.1) is 0 Å². The second-order valence-electron chi connectivity index (χ2n) is 3.53. The first kappa shape index (κ1) is 13.1. The maximum atomic E-state index is 12.9. The minimum Gasteiger partial charge on any atom is -0.388 e. The first-order valence-corrected chi connectivity index (χ1v) is 5.36. The lowest BCUT2D eigenvalue weighted by atomic mass is 10.1. The van der Waals surface area contributed by atoms with Gasteiger partial charge in [0.2, 0.25) is 0 Å². The molecule has 2 nitrogen and oxygen atoms in total. The van der Waals surface area contributed by atoms with Crippen LogP contribution in [-0.2, 0) is 4.74 Å². The summed E-state index contributed by atoms with van der Waals surface area (Å²) in [7, 11) is 0. The molecule has 1 atom stereocenters. The van der Waals surface area contributed by atoms with Crippen molar-refractivity contribution in [1.82, 2.24) is 0 Å². The van der Waals surface area contributed by atoms with Crippen LogP contribution < -0.4 is 0 Å². The molecule has 4 heteroatoms. The zero-order valence-corrected chi connectivity index (χ0v) is 9.25. The summed E-state index contributed by atoms with van der Waals surface area (Å²) in [6, 6.07) is 3.45. The summed E-state index contributed by atoms with van der Waals surface area (Å²) < 4.78 is 30.6. The molecule has 0 saturated heterocycles. The lowest BCUT2D eigenvalue weighted by Gasteiger charge is -2.11. The highest BCUT2D eigenvalue weighted by Gasteiger charge is 2.10. The molecule has 0 aromatic heterocycles. The van der Waals surface area contributed by atoms with E-state index in [2.05, 4.69) is 0 Å². The Balaban J connectivity index is 2.46. The number of aliphatic hydroxyl groups is 1. The fourth-order valence-electron chi connectivity index (χ4n) is 1.41. The van der Waals surface area contributed by atoms with Crippen molar-refractivity contribution in [1.29, 1.82) is 0 Å². The SMILES string of the molecule is CCOCCCC(O)c1ccc(F)c(F)c1. The Morgan fingerprint density at radius 1 is 1.31 bits per heavy atom. The second-order valence-corrected chi connectivity index (χ2v) is 3.53. The Labute approximate surface area is 93.9 Å². The van der Waals surface area contributed by atoms with Gasteiger partial charge in [-0.1, -0.05) is 6.07 Å². The second kappa shape index (κ2) is 6.55. The van der Waals surface area contributed by atoms with Gasteiger partial charge in [-0.3, -0.25) is 0 Å². The molecule has 1 aromatic rings. The van der Waals surface area contributed by atoms with E-state index in [1.807, 2.05) is 6.92 Å². The highest BCUT2D eigenvalue weighted by molar-refractivity contribution is 5.19. The molecule has 0 aliphatic carbocycles. The molecule has 1 rings (SSSR count). The van der Waals surface area contributed by atoms with Gasteiger partial charge in [0.05, 0.1) is 6.10 Å². The van der Waals surface area contributed by atoms with Crippen LogP contribution in [0.4, 0.5) is 8.78 Å². The first-order valence-electron chi connectivity index (χ1n) is 5.36. The Hall–Kier alpha value is -1.00. The molecular weight excluding hydrogens is 214 g/mol. The summed E-state index contributed by atoms with van der Waals surface area (Å²) in [4.78, 5) is 0. The van der Waals surface area contributed by atoms with Crippen molar-refractivity contribution in [3.8, 4) is 0 Å². The molecule has 0 bridgehead atoms. The van der Waals surface area contributed by atoms with E-state index < -0.39 is 17.7 Å². The average Bonchev–Trinajstić information content (AvgIpc) is 2.28. The van der Waals surface area contributed by atoms with Gasteiger partial charge in [-0.25, -0.2) is 8.78 Å². The predicted octanol–water partition coefficient (Wildman–Crippen LogP) is 2.81. The molecule has 0 amide bonds. The predicted molar refractivity (Wildman–Crippen MR) is 57.0 cm³/mol. The molecule has 1 N–H and O–H groups in total. The summed E-state index contributed by atoms with van der Waals surface area (Å²) in [6.07, 6.45) is 0.398. The molecule has 0 spiro atoms. The Kier molecular flexibility index (Phi) is 5.35. The molecule has 0 aliphatic heterocycles. The maximum absolute atomic E-state index is 12.9. The van der Waals surface area contributed by atoms with Crippen molar-refractivity contribution in [2.75, 3.05) is 13.2 Å². The van der Waals surface area contributed by atoms with Crippen LogP contribution in [0.3, 0.4) is 0 Å². The van der Waals surface area contributed by atoms with Gasteiger partial charge in [-0.2, -0.15) is 0 Å². The third-order valence-corrected chi connectivity index (χ3v) is 2.30. The highest BCUT2D eigenvalue weighted by Crippen LogP contribution is 2.20. The normalized spacial score (nSPS) is 12.8. The van der Waals surface area contributed by atoms with Crippen LogP contribution in [0.25, 0.3) is 0 Å². The fourth-order valence-corrected chi connectivity index (χ4v) is 1.41. The molecule has 0 aliphatic rings. The van der Waals surface area contributed by atoms with Crippen LogP contribution in [0.1, 0.15) is 31.4 Å². The number of ether oxygens (including phenoxy) is 1. The molecular formula is C12H16F2O2. The van der Waals surface area contributed by atoms with E-state index in [4.69, 9.17) is 4.74 Å². The van der Waals surface area contributed by atoms with Gasteiger partial charge in [0.15, 0.2) is 11.6 Å². The zero-order valence-electron chi connectivity index (χ0n) is 9.25. The van der Waals surface area contributed by atoms with E-state index in [0.717, 1.165) is 12.1 Å². The minimum absolute atomic E-state index is 0.399. The van der Waals surface area contributed by atoms with E-state index in [-0.39, 0.29) is 0 Å². The number of halogens is 2. The van der Waals surface area contributed by atoms with Gasteiger partial charge in [0.25, 0.3) is 0 Å². The standard InChI is InChI=1S/C12H16F2O2/c1-2-16-7-3-4-12(15)9-5-6-10(13)11(14)8-9/h5-6,8,12,15H,2-4,7H2,1H3. The number of hydrogen-bond donors (Lipinski definition) is 1. The van der Waals surface area contributed by atoms with Gasteiger partial charge in [0, 0.05) is 13.2 Å². The van der Waals surface area contributed by atoms with Gasteiger partial charge in [-0.05, 0) is 37.5 Å². The summed E-state index contributed by atoms with van der Waals surface area (Å²) in [5.74, 6) is -1.83. The number of rotatable bonds is 6. The summed E-state index contributed by atoms with van der Waals surface area (Å²) >= 11 is 0. The van der Waals surface area contributed by atoms with Crippen molar-refractivity contribution in [3.05, 3.63) is 35.4 Å². The van der Waals surface area contributed by atoms with Crippen molar-refractivity contribution >= 4 is 0 Å². The van der Waals surface area contributed by atoms with E-state index in [9.17, 15) is 13.9 Å². The van der Waals surface area contributed by atoms with Crippen LogP contribution in [0.2, 0.25) is 0 Å². The van der Waals surface area contributed by atoms with E-state index in [1.165, 1.54) is 6.07 Å². The molecule has 90 valence electrons. The van der Waals surface area contributed by atoms with Crippen molar-refractivity contribution < 1.29 is 18.6 Å². The third kappa shape index (κ3) is 3.87. The summed E-state index contributed by atoms with van der Waals surface area (Å²) in [5.41, 5.74) is 0.399. The van der Waals surface area contributed by atoms with Crippen LogP contribution >= 0.6 is 0 Å². The third-order valence-electron chi connectivity index (χ3n) is 2.30. The van der Waals surface area contributed by atoms with Crippen LogP contribution in [0, 0.1) is 11.6 Å². The van der Waals surface area contributed by atoms with E-state index in [0.29, 0.717) is 31.6 Å². The summed E-state index contributed by atoms with van der Waals surface area (Å²) in [5, 5.41) is 9.69. The number of hydrogen-bond acceptors (Lipinski definition) is 2. The Bertz CT molecular complexity index is 329. The Morgan fingerprint density at radius 2 is 2.06 bits per heavy atom. The van der Waals surface area contributed by atoms with E-state index in [1.54, 1.807) is 0 Å². The fraction of sp³-hybridized carbons (Fsp3) is 0.500. The topological polar surface area (TPSA) is 29.5 Å². The van der Waals surface area contributed by atoms with Crippen molar-refractivity contribution in [3.63, 3.8) is 0 Å².